The van der Waals surface area contributed by atoms with E-state index in [0.717, 1.165) is 0 Å². The Labute approximate surface area is 78.6 Å². The lowest BCUT2D eigenvalue weighted by molar-refractivity contribution is -0.122. The predicted molar refractivity (Wildman–Crippen MR) is 50.9 cm³/mol. The van der Waals surface area contributed by atoms with Crippen molar-refractivity contribution in [1.82, 2.24) is 10.2 Å². The molecule has 2 amide bonds. The van der Waals surface area contributed by atoms with Crippen molar-refractivity contribution in [1.29, 1.82) is 0 Å². The van der Waals surface area contributed by atoms with Gasteiger partial charge in [-0.05, 0) is 20.8 Å². The van der Waals surface area contributed by atoms with Crippen LogP contribution >= 0.6 is 0 Å². The second-order valence-corrected chi connectivity index (χ2v) is 3.16. The molecule has 1 N–H and O–H groups in total. The summed E-state index contributed by atoms with van der Waals surface area (Å²) in [5.74, 6) is -0.359. The number of nitrogens with zero attached hydrogens (tertiary/aromatic N) is 1. The third-order valence-corrected chi connectivity index (χ3v) is 1.76. The molecule has 0 rings (SSSR count). The van der Waals surface area contributed by atoms with Gasteiger partial charge in [-0.3, -0.25) is 14.9 Å². The van der Waals surface area contributed by atoms with Crippen LogP contribution in [0.5, 0.6) is 0 Å². The fourth-order valence-electron chi connectivity index (χ4n) is 0.681. The highest BCUT2D eigenvalue weighted by Gasteiger charge is 2.04. The number of carbonyl (C=O) groups excluding carboxylic acids is 2. The summed E-state index contributed by atoms with van der Waals surface area (Å²) in [4.78, 5) is 22.9. The molecule has 0 aliphatic heterocycles. The maximum Gasteiger partial charge on any atom is 0.254 e. The van der Waals surface area contributed by atoms with Crippen molar-refractivity contribution in [3.05, 3.63) is 11.8 Å². The zero-order chi connectivity index (χ0) is 10.4. The monoisotopic (exact) mass is 184 g/mol. The van der Waals surface area contributed by atoms with Gasteiger partial charge in [0.15, 0.2) is 0 Å². The molecule has 0 aromatic rings. The standard InChI is InChI=1S/C9H16N2O2/c1-7(2)11(4)5-8(3)9(13)10-6-12/h5-7H,1-4H3,(H,10,12,13)/b8-5-. The summed E-state index contributed by atoms with van der Waals surface area (Å²) in [5.41, 5.74) is 0.517. The molecule has 0 aromatic heterocycles. The molecule has 0 unspecified atom stereocenters. The van der Waals surface area contributed by atoms with Gasteiger partial charge >= 0.3 is 0 Å². The van der Waals surface area contributed by atoms with Gasteiger partial charge in [0.25, 0.3) is 5.91 Å². The van der Waals surface area contributed by atoms with Gasteiger partial charge in [0.05, 0.1) is 0 Å². The van der Waals surface area contributed by atoms with Crippen LogP contribution < -0.4 is 5.32 Å². The first kappa shape index (κ1) is 11.7. The van der Waals surface area contributed by atoms with Crippen molar-refractivity contribution >= 4 is 12.3 Å². The Morgan fingerprint density at radius 1 is 1.46 bits per heavy atom. The number of hydrogen-bond donors (Lipinski definition) is 1. The van der Waals surface area contributed by atoms with Gasteiger partial charge < -0.3 is 4.90 Å². The maximum absolute atomic E-state index is 11.1. The first-order chi connectivity index (χ1) is 5.99. The molecule has 0 atom stereocenters. The molecule has 0 aliphatic carbocycles. The summed E-state index contributed by atoms with van der Waals surface area (Å²) in [6.07, 6.45) is 2.10. The average molecular weight is 184 g/mol. The maximum atomic E-state index is 11.1. The summed E-state index contributed by atoms with van der Waals surface area (Å²) in [6, 6.07) is 0.332. The van der Waals surface area contributed by atoms with E-state index in [0.29, 0.717) is 18.0 Å². The first-order valence-corrected chi connectivity index (χ1v) is 4.14. The minimum atomic E-state index is -0.359. The van der Waals surface area contributed by atoms with Crippen LogP contribution in [0.25, 0.3) is 0 Å². The van der Waals surface area contributed by atoms with Gasteiger partial charge in [0, 0.05) is 24.9 Å². The van der Waals surface area contributed by atoms with Crippen LogP contribution in [0.3, 0.4) is 0 Å². The second-order valence-electron chi connectivity index (χ2n) is 3.16. The van der Waals surface area contributed by atoms with Crippen molar-refractivity contribution in [3.8, 4) is 0 Å². The number of nitrogens with one attached hydrogen (secondary N) is 1. The summed E-state index contributed by atoms with van der Waals surface area (Å²) < 4.78 is 0. The van der Waals surface area contributed by atoms with Gasteiger partial charge in [0.1, 0.15) is 0 Å². The summed E-state index contributed by atoms with van der Waals surface area (Å²) in [7, 11) is 1.88. The van der Waals surface area contributed by atoms with Crippen LogP contribution in [0.2, 0.25) is 0 Å². The van der Waals surface area contributed by atoms with E-state index >= 15 is 0 Å². The molecule has 4 nitrogen and oxygen atoms in total. The summed E-state index contributed by atoms with van der Waals surface area (Å²) in [5, 5.41) is 2.08. The highest BCUT2D eigenvalue weighted by atomic mass is 16.2. The van der Waals surface area contributed by atoms with Gasteiger partial charge in [-0.2, -0.15) is 0 Å². The molecule has 0 aromatic carbocycles. The molecule has 0 saturated heterocycles. The van der Waals surface area contributed by atoms with E-state index in [2.05, 4.69) is 5.32 Å². The summed E-state index contributed by atoms with van der Waals surface area (Å²) in [6.45, 7) is 5.69. The molecule has 0 aliphatic rings. The van der Waals surface area contributed by atoms with E-state index < -0.39 is 0 Å². The van der Waals surface area contributed by atoms with Crippen molar-refractivity contribution < 1.29 is 9.59 Å². The lowest BCUT2D eigenvalue weighted by atomic mass is 10.3. The minimum Gasteiger partial charge on any atom is -0.378 e. The van der Waals surface area contributed by atoms with E-state index in [1.165, 1.54) is 0 Å². The fraction of sp³-hybridized carbons (Fsp3) is 0.556. The molecular weight excluding hydrogens is 168 g/mol. The van der Waals surface area contributed by atoms with Crippen LogP contribution in [0.1, 0.15) is 20.8 Å². The number of imide groups is 1. The second kappa shape index (κ2) is 5.35. The number of carbonyl (C=O) groups is 2. The quantitative estimate of drug-likeness (QED) is 0.511. The molecule has 74 valence electrons. The lowest BCUT2D eigenvalue weighted by Gasteiger charge is -2.19. The molecule has 0 radical (unpaired) electrons. The Bertz CT molecular complexity index is 222. The van der Waals surface area contributed by atoms with Gasteiger partial charge in [-0.15, -0.1) is 0 Å². The Kier molecular flexibility index (Phi) is 4.80. The average Bonchev–Trinajstić information content (AvgIpc) is 2.04. The van der Waals surface area contributed by atoms with E-state index in [1.54, 1.807) is 13.1 Å². The molecule has 4 heteroatoms. The van der Waals surface area contributed by atoms with Crippen LogP contribution in [0.15, 0.2) is 11.8 Å². The highest BCUT2D eigenvalue weighted by molar-refractivity contribution is 5.98. The van der Waals surface area contributed by atoms with Crippen molar-refractivity contribution in [2.75, 3.05) is 7.05 Å². The third kappa shape index (κ3) is 4.30. The molecule has 0 fully saturated rings. The largest absolute Gasteiger partial charge is 0.378 e. The molecule has 0 heterocycles. The van der Waals surface area contributed by atoms with Crippen molar-refractivity contribution in [2.24, 2.45) is 0 Å². The van der Waals surface area contributed by atoms with Gasteiger partial charge in [-0.1, -0.05) is 0 Å². The fourth-order valence-corrected chi connectivity index (χ4v) is 0.681. The van der Waals surface area contributed by atoms with Crippen LogP contribution in [0, 0.1) is 0 Å². The van der Waals surface area contributed by atoms with Crippen molar-refractivity contribution in [3.63, 3.8) is 0 Å². The van der Waals surface area contributed by atoms with E-state index in [-0.39, 0.29) is 5.91 Å². The minimum absolute atomic E-state index is 0.332. The van der Waals surface area contributed by atoms with Crippen molar-refractivity contribution in [2.45, 2.75) is 26.8 Å². The van der Waals surface area contributed by atoms with Crippen LogP contribution in [-0.4, -0.2) is 30.3 Å². The van der Waals surface area contributed by atoms with E-state index in [9.17, 15) is 9.59 Å². The number of hydrogen-bond acceptors (Lipinski definition) is 3. The zero-order valence-electron chi connectivity index (χ0n) is 8.50. The van der Waals surface area contributed by atoms with E-state index in [1.807, 2.05) is 25.8 Å². The Hall–Kier alpha value is -1.32. The Morgan fingerprint density at radius 2 is 2.00 bits per heavy atom. The smallest absolute Gasteiger partial charge is 0.254 e. The van der Waals surface area contributed by atoms with Crippen LogP contribution in [-0.2, 0) is 9.59 Å². The molecule has 0 bridgehead atoms. The molecule has 13 heavy (non-hydrogen) atoms. The zero-order valence-corrected chi connectivity index (χ0v) is 8.50. The topological polar surface area (TPSA) is 49.4 Å². The predicted octanol–water partition coefficient (Wildman–Crippen LogP) is 0.503. The van der Waals surface area contributed by atoms with Gasteiger partial charge in [-0.25, -0.2) is 0 Å². The first-order valence-electron chi connectivity index (χ1n) is 4.14. The third-order valence-electron chi connectivity index (χ3n) is 1.76. The molecular formula is C9H16N2O2. The number of amides is 2. The SMILES string of the molecule is C/C(=C/N(C)C(C)C)C(=O)NC=O. The highest BCUT2D eigenvalue weighted by Crippen LogP contribution is 1.99. The molecule has 0 saturated carbocycles. The summed E-state index contributed by atoms with van der Waals surface area (Å²) >= 11 is 0. The van der Waals surface area contributed by atoms with E-state index in [4.69, 9.17) is 0 Å². The lowest BCUT2D eigenvalue weighted by Crippen LogP contribution is -2.26. The Balaban J connectivity index is 4.30. The van der Waals surface area contributed by atoms with Crippen LogP contribution in [0.4, 0.5) is 0 Å². The normalized spacial score (nSPS) is 11.3. The molecule has 0 spiro atoms. The van der Waals surface area contributed by atoms with Gasteiger partial charge in [0.2, 0.25) is 6.41 Å². The number of rotatable bonds is 4. The Morgan fingerprint density at radius 3 is 2.38 bits per heavy atom.